The monoisotopic (exact) mass is 413 g/mol. The third-order valence-corrected chi connectivity index (χ3v) is 4.82. The average Bonchev–Trinajstić information content (AvgIpc) is 2.98. The van der Waals surface area contributed by atoms with Crippen LogP contribution in [0.1, 0.15) is 0 Å². The van der Waals surface area contributed by atoms with E-state index in [0.717, 1.165) is 0 Å². The summed E-state index contributed by atoms with van der Waals surface area (Å²) in [5.41, 5.74) is 14.7. The molecule has 1 aliphatic heterocycles. The number of carbonyl (C=O) groups excluding carboxylic acids is 2. The fourth-order valence-corrected chi connectivity index (χ4v) is 3.26. The van der Waals surface area contributed by atoms with E-state index in [1.54, 1.807) is 30.3 Å². The van der Waals surface area contributed by atoms with Crippen molar-refractivity contribution in [2.75, 3.05) is 15.8 Å². The Morgan fingerprint density at radius 3 is 2.31 bits per heavy atom. The van der Waals surface area contributed by atoms with Crippen molar-refractivity contribution < 1.29 is 22.6 Å². The zero-order valence-electron chi connectivity index (χ0n) is 14.3. The molecule has 2 aromatic carbocycles. The number of nitrogens with one attached hydrogen (secondary N) is 2. The molecule has 0 radical (unpaired) electrons. The van der Waals surface area contributed by atoms with E-state index in [-0.39, 0.29) is 11.4 Å². The summed E-state index contributed by atoms with van der Waals surface area (Å²) >= 11 is 0. The van der Waals surface area contributed by atoms with Crippen molar-refractivity contribution in [2.45, 2.75) is 0 Å². The van der Waals surface area contributed by atoms with Gasteiger partial charge in [0.05, 0.1) is 5.69 Å². The number of hydrogen-bond acceptors (Lipinski definition) is 7. The van der Waals surface area contributed by atoms with Gasteiger partial charge >= 0.3 is 5.08 Å². The van der Waals surface area contributed by atoms with Crippen LogP contribution in [-0.2, 0) is 19.7 Å². The molecule has 12 nitrogen and oxygen atoms in total. The van der Waals surface area contributed by atoms with Crippen LogP contribution < -0.4 is 15.8 Å². The fraction of sp³-hybridized carbons (Fsp3) is 0. The molecular formula is C16H11N7O5S. The predicted molar refractivity (Wildman–Crippen MR) is 102 cm³/mol. The molecule has 0 saturated heterocycles. The maximum absolute atomic E-state index is 12.4. The van der Waals surface area contributed by atoms with Gasteiger partial charge < -0.3 is 11.0 Å². The van der Waals surface area contributed by atoms with Gasteiger partial charge in [-0.1, -0.05) is 30.3 Å². The molecule has 1 heterocycles. The molecule has 1 aliphatic rings. The Morgan fingerprint density at radius 1 is 1.10 bits per heavy atom. The maximum Gasteiger partial charge on any atom is 0.308 e. The topological polar surface area (TPSA) is 179 Å². The Bertz CT molecular complexity index is 1200. The Kier molecular flexibility index (Phi) is 5.05. The lowest BCUT2D eigenvalue weighted by atomic mass is 10.0. The zero-order chi connectivity index (χ0) is 21.2. The minimum absolute atomic E-state index is 0.0281. The normalized spacial score (nSPS) is 13.7. The molecule has 0 bridgehead atoms. The quantitative estimate of drug-likeness (QED) is 0.212. The number of hydrogen-bond donors (Lipinski definition) is 3. The Labute approximate surface area is 163 Å². The lowest BCUT2D eigenvalue weighted by molar-refractivity contribution is -0.120. The summed E-state index contributed by atoms with van der Waals surface area (Å²) in [6, 6.07) is 10.9. The van der Waals surface area contributed by atoms with Crippen molar-refractivity contribution in [1.29, 1.82) is 5.39 Å². The van der Waals surface area contributed by atoms with Crippen molar-refractivity contribution in [3.63, 3.8) is 0 Å². The molecule has 29 heavy (non-hydrogen) atoms. The summed E-state index contributed by atoms with van der Waals surface area (Å²) in [6.45, 7) is 0. The number of nitrogens with zero attached hydrogens (tertiary/aromatic N) is 5. The Hall–Kier alpha value is -4.15. The predicted octanol–water partition coefficient (Wildman–Crippen LogP) is 2.53. The summed E-state index contributed by atoms with van der Waals surface area (Å²) < 4.78 is 31.8. The number of benzene rings is 2. The van der Waals surface area contributed by atoms with Crippen LogP contribution >= 0.6 is 0 Å². The van der Waals surface area contributed by atoms with Gasteiger partial charge in [0.15, 0.2) is 4.91 Å². The molecule has 0 spiro atoms. The van der Waals surface area contributed by atoms with Crippen LogP contribution in [-0.4, -0.2) is 24.8 Å². The first-order valence-corrected chi connectivity index (χ1v) is 9.22. The molecule has 2 amide bonds. The van der Waals surface area contributed by atoms with Gasteiger partial charge in [-0.3, -0.25) is 19.4 Å². The minimum Gasteiger partial charge on any atom is -0.387 e. The van der Waals surface area contributed by atoms with Crippen molar-refractivity contribution in [3.05, 3.63) is 64.1 Å². The average molecular weight is 413 g/mol. The second-order valence-corrected chi connectivity index (χ2v) is 7.09. The molecule has 3 N–H and O–H groups in total. The number of imide groups is 1. The molecule has 0 unspecified atom stereocenters. The number of anilines is 3. The van der Waals surface area contributed by atoms with Gasteiger partial charge in [0.1, 0.15) is 5.69 Å². The Morgan fingerprint density at radius 2 is 1.76 bits per heavy atom. The lowest BCUT2D eigenvalue weighted by Gasteiger charge is -2.17. The van der Waals surface area contributed by atoms with E-state index in [1.165, 1.54) is 12.1 Å². The van der Waals surface area contributed by atoms with E-state index >= 15 is 0 Å². The molecule has 0 saturated carbocycles. The van der Waals surface area contributed by atoms with Crippen LogP contribution in [0.15, 0.2) is 58.7 Å². The number of rotatable bonds is 6. The summed E-state index contributed by atoms with van der Waals surface area (Å²) in [7, 11) is -4.90. The largest absolute Gasteiger partial charge is 0.387 e. The highest BCUT2D eigenvalue weighted by Gasteiger charge is 2.40. The van der Waals surface area contributed by atoms with Crippen LogP contribution in [0, 0.1) is 5.39 Å². The van der Waals surface area contributed by atoms with Crippen LogP contribution in [0.25, 0.3) is 21.7 Å². The second-order valence-electron chi connectivity index (χ2n) is 5.70. The first kappa shape index (κ1) is 19.6. The minimum atomic E-state index is -4.90. The Balaban J connectivity index is 2.07. The molecule has 0 aromatic heterocycles. The molecular weight excluding hydrogens is 402 g/mol. The lowest BCUT2D eigenvalue weighted by Crippen LogP contribution is -2.32. The van der Waals surface area contributed by atoms with Gasteiger partial charge in [0, 0.05) is 6.08 Å². The summed E-state index contributed by atoms with van der Waals surface area (Å²) in [6.07, 6.45) is 0.503. The van der Waals surface area contributed by atoms with Gasteiger partial charge in [0.25, 0.3) is 27.3 Å². The number of carbonyl (C=O) groups is 2. The van der Waals surface area contributed by atoms with Gasteiger partial charge in [-0.05, 0) is 34.4 Å². The van der Waals surface area contributed by atoms with Crippen LogP contribution in [0.3, 0.4) is 0 Å². The van der Waals surface area contributed by atoms with E-state index in [0.29, 0.717) is 27.8 Å². The molecule has 0 atom stereocenters. The first-order chi connectivity index (χ1) is 13.8. The molecule has 13 heteroatoms. The molecule has 0 aliphatic carbocycles. The summed E-state index contributed by atoms with van der Waals surface area (Å²) in [5, 5.41) is 14.4. The van der Waals surface area contributed by atoms with E-state index in [2.05, 4.69) is 21.2 Å². The molecule has 3 rings (SSSR count). The SMILES string of the molecule is N#[N+]Nc1ccc(-c2ccc(NN=[N-])cc2)cc1N1C(=O)C=C(S(=O)(=O)O)C1=O. The van der Waals surface area contributed by atoms with Gasteiger partial charge in [0.2, 0.25) is 0 Å². The summed E-state index contributed by atoms with van der Waals surface area (Å²) in [4.78, 5) is 24.1. The van der Waals surface area contributed by atoms with Crippen LogP contribution in [0.4, 0.5) is 17.1 Å². The van der Waals surface area contributed by atoms with Crippen molar-refractivity contribution >= 4 is 39.0 Å². The fourth-order valence-electron chi connectivity index (χ4n) is 2.70. The second kappa shape index (κ2) is 7.46. The zero-order valence-corrected chi connectivity index (χ0v) is 15.2. The highest BCUT2D eigenvalue weighted by Crippen LogP contribution is 2.35. The van der Waals surface area contributed by atoms with Gasteiger partial charge in [-0.25, -0.2) is 4.90 Å². The number of amides is 2. The van der Waals surface area contributed by atoms with Crippen LogP contribution in [0.5, 0.6) is 0 Å². The van der Waals surface area contributed by atoms with E-state index in [9.17, 15) is 18.0 Å². The molecule has 146 valence electrons. The summed E-state index contributed by atoms with van der Waals surface area (Å²) in [5.74, 6) is -2.25. The smallest absolute Gasteiger partial charge is 0.308 e. The highest BCUT2D eigenvalue weighted by molar-refractivity contribution is 7.91. The van der Waals surface area contributed by atoms with Gasteiger partial charge in [-0.2, -0.15) is 8.42 Å². The van der Waals surface area contributed by atoms with Crippen molar-refractivity contribution in [3.8, 4) is 11.1 Å². The van der Waals surface area contributed by atoms with Gasteiger partial charge in [-0.15, -0.1) is 0 Å². The van der Waals surface area contributed by atoms with Crippen molar-refractivity contribution in [2.24, 2.45) is 5.22 Å². The molecule has 2 aromatic rings. The first-order valence-electron chi connectivity index (χ1n) is 7.78. The third kappa shape index (κ3) is 3.78. The maximum atomic E-state index is 12.4. The van der Waals surface area contributed by atoms with E-state index < -0.39 is 26.8 Å². The third-order valence-electron chi connectivity index (χ3n) is 3.97. The van der Waals surface area contributed by atoms with E-state index in [4.69, 9.17) is 15.5 Å². The number of diazo groups is 1. The highest BCUT2D eigenvalue weighted by atomic mass is 32.2. The standard InChI is InChI=1S/C16H10N7O5S/c17-21-19-11-4-1-9(2-5-11)10-3-6-12(20-22-18)13(7-10)23-15(24)8-14(16(23)25)29(26,27)28/h1-8,18H,(H,26,27,28)/q-1/p+1. The van der Waals surface area contributed by atoms with Crippen LogP contribution in [0.2, 0.25) is 0 Å². The van der Waals surface area contributed by atoms with E-state index in [1.807, 2.05) is 0 Å². The molecule has 0 fully saturated rings. The van der Waals surface area contributed by atoms with Crippen molar-refractivity contribution in [1.82, 2.24) is 0 Å².